The van der Waals surface area contributed by atoms with Crippen LogP contribution in [0.15, 0.2) is 54.7 Å². The van der Waals surface area contributed by atoms with Gasteiger partial charge < -0.3 is 10.3 Å². The van der Waals surface area contributed by atoms with Gasteiger partial charge in [0.2, 0.25) is 5.91 Å². The molecule has 1 saturated heterocycles. The van der Waals surface area contributed by atoms with Crippen molar-refractivity contribution in [2.24, 2.45) is 0 Å². The van der Waals surface area contributed by atoms with Gasteiger partial charge in [-0.1, -0.05) is 24.3 Å². The lowest BCUT2D eigenvalue weighted by Crippen LogP contribution is -2.35. The molecule has 1 aromatic heterocycles. The smallest absolute Gasteiger partial charge is 0.256 e. The standard InChI is InChI=1S/C19H17N3O2/c1-12-4-2-3-5-17(12)22-18(23)11-16(19(22)24)21-14-7-6-13-8-9-20-15(13)10-14/h2-10,16,20-21H,11H2,1H3. The Morgan fingerprint density at radius 2 is 1.96 bits per heavy atom. The molecule has 1 aliphatic rings. The van der Waals surface area contributed by atoms with E-state index in [1.165, 1.54) is 4.90 Å². The first-order valence-electron chi connectivity index (χ1n) is 7.89. The number of carbonyl (C=O) groups is 2. The van der Waals surface area contributed by atoms with E-state index in [-0.39, 0.29) is 18.2 Å². The number of anilines is 2. The second-order valence-electron chi connectivity index (χ2n) is 6.03. The van der Waals surface area contributed by atoms with Crippen LogP contribution in [0.4, 0.5) is 11.4 Å². The minimum absolute atomic E-state index is 0.163. The lowest BCUT2D eigenvalue weighted by molar-refractivity contribution is -0.121. The number of imide groups is 1. The summed E-state index contributed by atoms with van der Waals surface area (Å²) >= 11 is 0. The van der Waals surface area contributed by atoms with Crippen molar-refractivity contribution in [1.82, 2.24) is 4.98 Å². The SMILES string of the molecule is Cc1ccccc1N1C(=O)CC(Nc2ccc3cc[nH]c3c2)C1=O. The van der Waals surface area contributed by atoms with Gasteiger partial charge in [-0.05, 0) is 42.1 Å². The quantitative estimate of drug-likeness (QED) is 0.729. The molecule has 2 aromatic carbocycles. The molecule has 120 valence electrons. The summed E-state index contributed by atoms with van der Waals surface area (Å²) in [6.45, 7) is 1.90. The van der Waals surface area contributed by atoms with Gasteiger partial charge in [-0.2, -0.15) is 0 Å². The second-order valence-corrected chi connectivity index (χ2v) is 6.03. The van der Waals surface area contributed by atoms with Crippen molar-refractivity contribution >= 4 is 34.1 Å². The third-order valence-electron chi connectivity index (χ3n) is 4.40. The largest absolute Gasteiger partial charge is 0.373 e. The minimum atomic E-state index is -0.537. The number of fused-ring (bicyclic) bond motifs is 1. The topological polar surface area (TPSA) is 65.2 Å². The van der Waals surface area contributed by atoms with Crippen molar-refractivity contribution in [2.75, 3.05) is 10.2 Å². The van der Waals surface area contributed by atoms with E-state index in [1.807, 2.05) is 55.6 Å². The first-order valence-corrected chi connectivity index (χ1v) is 7.89. The fourth-order valence-electron chi connectivity index (χ4n) is 3.15. The molecule has 24 heavy (non-hydrogen) atoms. The van der Waals surface area contributed by atoms with Gasteiger partial charge in [0.25, 0.3) is 5.91 Å². The van der Waals surface area contributed by atoms with Gasteiger partial charge in [0, 0.05) is 17.4 Å². The Labute approximate surface area is 139 Å². The second kappa shape index (κ2) is 5.53. The molecule has 0 bridgehead atoms. The summed E-state index contributed by atoms with van der Waals surface area (Å²) in [5.41, 5.74) is 3.39. The van der Waals surface area contributed by atoms with Crippen LogP contribution in [-0.4, -0.2) is 22.8 Å². The highest BCUT2D eigenvalue weighted by molar-refractivity contribution is 6.23. The molecule has 0 spiro atoms. The number of amides is 2. The van der Waals surface area contributed by atoms with Gasteiger partial charge in [0.15, 0.2) is 0 Å². The zero-order chi connectivity index (χ0) is 16.7. The Kier molecular flexibility index (Phi) is 3.34. The summed E-state index contributed by atoms with van der Waals surface area (Å²) in [6.07, 6.45) is 2.04. The Hall–Kier alpha value is -3.08. The predicted molar refractivity (Wildman–Crippen MR) is 94.0 cm³/mol. The van der Waals surface area contributed by atoms with Crippen LogP contribution >= 0.6 is 0 Å². The molecular formula is C19H17N3O2. The highest BCUT2D eigenvalue weighted by Crippen LogP contribution is 2.28. The Morgan fingerprint density at radius 1 is 1.12 bits per heavy atom. The highest BCUT2D eigenvalue weighted by atomic mass is 16.2. The number of hydrogen-bond donors (Lipinski definition) is 2. The van der Waals surface area contributed by atoms with E-state index in [2.05, 4.69) is 10.3 Å². The normalized spacial score (nSPS) is 17.7. The molecule has 5 heteroatoms. The number of para-hydroxylation sites is 1. The first kappa shape index (κ1) is 14.5. The number of aromatic amines is 1. The number of nitrogens with one attached hydrogen (secondary N) is 2. The minimum Gasteiger partial charge on any atom is -0.373 e. The molecule has 2 amide bonds. The number of aromatic nitrogens is 1. The highest BCUT2D eigenvalue weighted by Gasteiger charge is 2.40. The van der Waals surface area contributed by atoms with Gasteiger partial charge in [0.05, 0.1) is 12.1 Å². The lowest BCUT2D eigenvalue weighted by atomic mass is 10.2. The summed E-state index contributed by atoms with van der Waals surface area (Å²) in [4.78, 5) is 29.5. The maximum Gasteiger partial charge on any atom is 0.256 e. The molecule has 1 aliphatic heterocycles. The molecule has 3 aromatic rings. The monoisotopic (exact) mass is 319 g/mol. The first-order chi connectivity index (χ1) is 11.6. The molecule has 5 nitrogen and oxygen atoms in total. The summed E-state index contributed by atoms with van der Waals surface area (Å²) in [5.74, 6) is -0.381. The molecule has 4 rings (SSSR count). The third kappa shape index (κ3) is 2.34. The number of rotatable bonds is 3. The average molecular weight is 319 g/mol. The number of carbonyl (C=O) groups excluding carboxylic acids is 2. The summed E-state index contributed by atoms with van der Waals surface area (Å²) in [6, 6.07) is 14.7. The van der Waals surface area contributed by atoms with Crippen molar-refractivity contribution in [3.63, 3.8) is 0 Å². The maximum atomic E-state index is 12.7. The molecule has 0 aliphatic carbocycles. The maximum absolute atomic E-state index is 12.7. The molecule has 1 unspecified atom stereocenters. The van der Waals surface area contributed by atoms with Gasteiger partial charge in [-0.15, -0.1) is 0 Å². The van der Waals surface area contributed by atoms with Gasteiger partial charge in [-0.3, -0.25) is 9.59 Å². The van der Waals surface area contributed by atoms with E-state index in [0.717, 1.165) is 22.2 Å². The van der Waals surface area contributed by atoms with Crippen LogP contribution in [0, 0.1) is 6.92 Å². The molecule has 2 N–H and O–H groups in total. The number of benzene rings is 2. The van der Waals surface area contributed by atoms with Crippen LogP contribution in [0.5, 0.6) is 0 Å². The van der Waals surface area contributed by atoms with Crippen LogP contribution in [0.3, 0.4) is 0 Å². The van der Waals surface area contributed by atoms with Crippen molar-refractivity contribution < 1.29 is 9.59 Å². The van der Waals surface area contributed by atoms with Gasteiger partial charge in [0.1, 0.15) is 6.04 Å². The van der Waals surface area contributed by atoms with E-state index in [0.29, 0.717) is 5.69 Å². The Morgan fingerprint density at radius 3 is 2.79 bits per heavy atom. The summed E-state index contributed by atoms with van der Waals surface area (Å²) in [7, 11) is 0. The van der Waals surface area contributed by atoms with Crippen molar-refractivity contribution in [2.45, 2.75) is 19.4 Å². The van der Waals surface area contributed by atoms with E-state index < -0.39 is 6.04 Å². The average Bonchev–Trinajstić information content (AvgIpc) is 3.13. The Balaban J connectivity index is 1.60. The van der Waals surface area contributed by atoms with Gasteiger partial charge >= 0.3 is 0 Å². The molecule has 0 saturated carbocycles. The third-order valence-corrected chi connectivity index (χ3v) is 4.40. The zero-order valence-electron chi connectivity index (χ0n) is 13.2. The number of nitrogens with zero attached hydrogens (tertiary/aromatic N) is 1. The molecule has 0 radical (unpaired) electrons. The molecule has 2 heterocycles. The number of H-pyrrole nitrogens is 1. The van der Waals surface area contributed by atoms with E-state index in [9.17, 15) is 9.59 Å². The van der Waals surface area contributed by atoms with E-state index in [4.69, 9.17) is 0 Å². The van der Waals surface area contributed by atoms with Crippen LogP contribution in [0.1, 0.15) is 12.0 Å². The molecule has 1 atom stereocenters. The number of aryl methyl sites for hydroxylation is 1. The van der Waals surface area contributed by atoms with Crippen molar-refractivity contribution in [1.29, 1.82) is 0 Å². The van der Waals surface area contributed by atoms with E-state index in [1.54, 1.807) is 6.07 Å². The van der Waals surface area contributed by atoms with Gasteiger partial charge in [-0.25, -0.2) is 4.90 Å². The fourth-order valence-corrected chi connectivity index (χ4v) is 3.15. The fraction of sp³-hybridized carbons (Fsp3) is 0.158. The van der Waals surface area contributed by atoms with Crippen molar-refractivity contribution in [3.05, 3.63) is 60.3 Å². The van der Waals surface area contributed by atoms with Crippen LogP contribution in [0.25, 0.3) is 10.9 Å². The predicted octanol–water partition coefficient (Wildman–Crippen LogP) is 3.22. The van der Waals surface area contributed by atoms with Crippen molar-refractivity contribution in [3.8, 4) is 0 Å². The molecule has 1 fully saturated rings. The van der Waals surface area contributed by atoms with Crippen LogP contribution in [-0.2, 0) is 9.59 Å². The summed E-state index contributed by atoms with van der Waals surface area (Å²) < 4.78 is 0. The van der Waals surface area contributed by atoms with E-state index >= 15 is 0 Å². The number of hydrogen-bond acceptors (Lipinski definition) is 3. The zero-order valence-corrected chi connectivity index (χ0v) is 13.2. The Bertz CT molecular complexity index is 944. The lowest BCUT2D eigenvalue weighted by Gasteiger charge is -2.18. The summed E-state index contributed by atoms with van der Waals surface area (Å²) in [5, 5.41) is 4.30. The van der Waals surface area contributed by atoms with Crippen LogP contribution in [0.2, 0.25) is 0 Å². The van der Waals surface area contributed by atoms with Crippen LogP contribution < -0.4 is 10.2 Å². The molecular weight excluding hydrogens is 302 g/mol.